The molecule has 0 unspecified atom stereocenters. The van der Waals surface area contributed by atoms with Gasteiger partial charge in [0, 0.05) is 12.6 Å². The Hall–Kier alpha value is -1.71. The fourth-order valence-corrected chi connectivity index (χ4v) is 2.60. The van der Waals surface area contributed by atoms with Crippen molar-refractivity contribution >= 4 is 21.4 Å². The van der Waals surface area contributed by atoms with Crippen LogP contribution in [0.2, 0.25) is 0 Å². The van der Waals surface area contributed by atoms with Crippen LogP contribution in [0, 0.1) is 16.0 Å². The molecule has 0 saturated carbocycles. The number of hydrogen-bond acceptors (Lipinski definition) is 6. The molecule has 0 aliphatic carbocycles. The first-order valence-electron chi connectivity index (χ1n) is 6.02. The standard InChI is InChI=1S/C11H18N4O4S/c1-8(2)5-6-13-20(18,19)9-3-4-11(15(16)17)10(7-9)14-12/h3-4,7-8,13-14H,5-6,12H2,1-2H3. The molecule has 1 aromatic carbocycles. The number of sulfonamides is 1. The maximum absolute atomic E-state index is 12.0. The van der Waals surface area contributed by atoms with Gasteiger partial charge in [-0.1, -0.05) is 13.8 Å². The Morgan fingerprint density at radius 3 is 2.55 bits per heavy atom. The summed E-state index contributed by atoms with van der Waals surface area (Å²) >= 11 is 0. The normalized spacial score (nSPS) is 11.6. The number of hydrogen-bond donors (Lipinski definition) is 3. The predicted octanol–water partition coefficient (Wildman–Crippen LogP) is 1.20. The molecule has 0 spiro atoms. The molecule has 0 aliphatic rings. The van der Waals surface area contributed by atoms with Crippen molar-refractivity contribution in [2.75, 3.05) is 12.0 Å². The first-order valence-corrected chi connectivity index (χ1v) is 7.51. The van der Waals surface area contributed by atoms with E-state index in [0.29, 0.717) is 18.9 Å². The fraction of sp³-hybridized carbons (Fsp3) is 0.455. The lowest BCUT2D eigenvalue weighted by Gasteiger charge is -2.09. The molecule has 0 heterocycles. The molecule has 8 nitrogen and oxygen atoms in total. The topological polar surface area (TPSA) is 127 Å². The minimum atomic E-state index is -3.70. The number of nitrogen functional groups attached to an aromatic ring is 1. The molecular formula is C11H18N4O4S. The van der Waals surface area contributed by atoms with Crippen LogP contribution in [0.1, 0.15) is 20.3 Å². The number of rotatable bonds is 7. The third-order valence-corrected chi connectivity index (χ3v) is 4.10. The van der Waals surface area contributed by atoms with E-state index in [0.717, 1.165) is 12.1 Å². The van der Waals surface area contributed by atoms with Gasteiger partial charge in [0.05, 0.1) is 9.82 Å². The summed E-state index contributed by atoms with van der Waals surface area (Å²) in [4.78, 5) is 10.0. The minimum Gasteiger partial charge on any atom is -0.318 e. The third-order valence-electron chi connectivity index (χ3n) is 2.64. The maximum Gasteiger partial charge on any atom is 0.293 e. The van der Waals surface area contributed by atoms with Crippen LogP contribution < -0.4 is 16.0 Å². The van der Waals surface area contributed by atoms with E-state index in [1.807, 2.05) is 13.8 Å². The highest BCUT2D eigenvalue weighted by molar-refractivity contribution is 7.89. The summed E-state index contributed by atoms with van der Waals surface area (Å²) in [5.41, 5.74) is 1.79. The molecule has 112 valence electrons. The van der Waals surface area contributed by atoms with Gasteiger partial charge in [-0.25, -0.2) is 13.1 Å². The first-order chi connectivity index (χ1) is 9.27. The fourth-order valence-electron chi connectivity index (χ4n) is 1.52. The van der Waals surface area contributed by atoms with Gasteiger partial charge in [0.1, 0.15) is 5.69 Å². The second-order valence-corrected chi connectivity index (χ2v) is 6.43. The number of anilines is 1. The summed E-state index contributed by atoms with van der Waals surface area (Å²) in [6.45, 7) is 4.27. The summed E-state index contributed by atoms with van der Waals surface area (Å²) in [6, 6.07) is 3.42. The smallest absolute Gasteiger partial charge is 0.293 e. The number of benzene rings is 1. The van der Waals surface area contributed by atoms with Gasteiger partial charge in [-0.3, -0.25) is 16.0 Å². The van der Waals surface area contributed by atoms with Crippen molar-refractivity contribution in [1.29, 1.82) is 0 Å². The molecule has 1 aromatic rings. The Balaban J connectivity index is 2.98. The molecule has 0 fully saturated rings. The summed E-state index contributed by atoms with van der Waals surface area (Å²) in [5.74, 6) is 5.54. The Morgan fingerprint density at radius 2 is 2.05 bits per heavy atom. The van der Waals surface area contributed by atoms with Crippen LogP contribution in [0.25, 0.3) is 0 Å². The monoisotopic (exact) mass is 302 g/mol. The van der Waals surface area contributed by atoms with Crippen molar-refractivity contribution in [3.05, 3.63) is 28.3 Å². The Labute approximate surface area is 117 Å². The average Bonchev–Trinajstić information content (AvgIpc) is 2.37. The number of nitro benzene ring substituents is 1. The van der Waals surface area contributed by atoms with Gasteiger partial charge in [-0.15, -0.1) is 0 Å². The quantitative estimate of drug-likeness (QED) is 0.394. The lowest BCUT2D eigenvalue weighted by molar-refractivity contribution is -0.384. The lowest BCUT2D eigenvalue weighted by atomic mass is 10.1. The van der Waals surface area contributed by atoms with Gasteiger partial charge in [0.15, 0.2) is 0 Å². The molecule has 1 rings (SSSR count). The van der Waals surface area contributed by atoms with E-state index in [-0.39, 0.29) is 16.3 Å². The molecule has 0 bridgehead atoms. The van der Waals surface area contributed by atoms with Gasteiger partial charge in [0.2, 0.25) is 10.0 Å². The molecular weight excluding hydrogens is 284 g/mol. The number of nitro groups is 1. The molecule has 0 amide bonds. The number of hydrazine groups is 1. The van der Waals surface area contributed by atoms with Crippen LogP contribution in [0.3, 0.4) is 0 Å². The van der Waals surface area contributed by atoms with E-state index in [1.54, 1.807) is 0 Å². The van der Waals surface area contributed by atoms with Crippen LogP contribution in [0.4, 0.5) is 11.4 Å². The molecule has 9 heteroatoms. The largest absolute Gasteiger partial charge is 0.318 e. The van der Waals surface area contributed by atoms with Crippen LogP contribution in [-0.2, 0) is 10.0 Å². The molecule has 0 aromatic heterocycles. The highest BCUT2D eigenvalue weighted by Crippen LogP contribution is 2.26. The molecule has 0 atom stereocenters. The van der Waals surface area contributed by atoms with Gasteiger partial charge < -0.3 is 5.43 Å². The Kier molecular flexibility index (Phi) is 5.43. The van der Waals surface area contributed by atoms with Crippen molar-refractivity contribution in [1.82, 2.24) is 4.72 Å². The average molecular weight is 302 g/mol. The number of nitrogens with one attached hydrogen (secondary N) is 2. The van der Waals surface area contributed by atoms with Crippen LogP contribution >= 0.6 is 0 Å². The van der Waals surface area contributed by atoms with Crippen LogP contribution in [0.5, 0.6) is 0 Å². The van der Waals surface area contributed by atoms with Gasteiger partial charge in [-0.05, 0) is 24.5 Å². The van der Waals surface area contributed by atoms with E-state index in [9.17, 15) is 18.5 Å². The van der Waals surface area contributed by atoms with Crippen molar-refractivity contribution < 1.29 is 13.3 Å². The van der Waals surface area contributed by atoms with Crippen LogP contribution in [0.15, 0.2) is 23.1 Å². The number of nitrogens with zero attached hydrogens (tertiary/aromatic N) is 1. The van der Waals surface area contributed by atoms with Crippen molar-refractivity contribution in [3.8, 4) is 0 Å². The van der Waals surface area contributed by atoms with E-state index in [1.165, 1.54) is 6.07 Å². The maximum atomic E-state index is 12.0. The zero-order valence-corrected chi connectivity index (χ0v) is 12.1. The summed E-state index contributed by atoms with van der Waals surface area (Å²) < 4.78 is 26.5. The van der Waals surface area contributed by atoms with E-state index < -0.39 is 14.9 Å². The molecule has 0 aliphatic heterocycles. The predicted molar refractivity (Wildman–Crippen MR) is 75.6 cm³/mol. The van der Waals surface area contributed by atoms with Gasteiger partial charge >= 0.3 is 0 Å². The van der Waals surface area contributed by atoms with Crippen molar-refractivity contribution in [2.45, 2.75) is 25.2 Å². The highest BCUT2D eigenvalue weighted by Gasteiger charge is 2.19. The SMILES string of the molecule is CC(C)CCNS(=O)(=O)c1ccc([N+](=O)[O-])c(NN)c1. The zero-order valence-electron chi connectivity index (χ0n) is 11.3. The highest BCUT2D eigenvalue weighted by atomic mass is 32.2. The van der Waals surface area contributed by atoms with Gasteiger partial charge in [-0.2, -0.15) is 0 Å². The van der Waals surface area contributed by atoms with Gasteiger partial charge in [0.25, 0.3) is 5.69 Å². The minimum absolute atomic E-state index is 0.0539. The van der Waals surface area contributed by atoms with E-state index in [2.05, 4.69) is 10.1 Å². The van der Waals surface area contributed by atoms with E-state index in [4.69, 9.17) is 5.84 Å². The first kappa shape index (κ1) is 16.3. The Bertz CT molecular complexity index is 586. The number of nitrogens with two attached hydrogens (primary N) is 1. The summed E-state index contributed by atoms with van der Waals surface area (Å²) in [6.07, 6.45) is 0.703. The van der Waals surface area contributed by atoms with Crippen molar-refractivity contribution in [3.63, 3.8) is 0 Å². The van der Waals surface area contributed by atoms with Crippen LogP contribution in [-0.4, -0.2) is 19.9 Å². The lowest BCUT2D eigenvalue weighted by Crippen LogP contribution is -2.26. The molecule has 20 heavy (non-hydrogen) atoms. The molecule has 4 N–H and O–H groups in total. The molecule has 0 saturated heterocycles. The summed E-state index contributed by atoms with van der Waals surface area (Å²) in [7, 11) is -3.70. The second-order valence-electron chi connectivity index (χ2n) is 4.66. The summed E-state index contributed by atoms with van der Waals surface area (Å²) in [5, 5.41) is 10.7. The van der Waals surface area contributed by atoms with E-state index >= 15 is 0 Å². The second kappa shape index (κ2) is 6.64. The van der Waals surface area contributed by atoms with Crippen molar-refractivity contribution in [2.24, 2.45) is 11.8 Å². The molecule has 0 radical (unpaired) electrons. The zero-order chi connectivity index (χ0) is 15.3. The Morgan fingerprint density at radius 1 is 1.40 bits per heavy atom. The third kappa shape index (κ3) is 4.15.